The van der Waals surface area contributed by atoms with Gasteiger partial charge < -0.3 is 14.2 Å². The molecule has 92 valence electrons. The molecule has 2 saturated heterocycles. The van der Waals surface area contributed by atoms with Gasteiger partial charge in [-0.25, -0.2) is 0 Å². The lowest BCUT2D eigenvalue weighted by Crippen LogP contribution is -2.34. The third kappa shape index (κ3) is 2.28. The second kappa shape index (κ2) is 4.40. The van der Waals surface area contributed by atoms with Crippen LogP contribution in [0.3, 0.4) is 0 Å². The zero-order valence-corrected chi connectivity index (χ0v) is 9.42. The Bertz CT molecular complexity index is 400. The summed E-state index contributed by atoms with van der Waals surface area (Å²) in [7, 11) is 0. The molecule has 2 aliphatic rings. The first kappa shape index (κ1) is 12.0. The molecular weight excluding hydrogens is 228 g/mol. The minimum Gasteiger partial charge on any atom is -0.346 e. The highest BCUT2D eigenvalue weighted by Crippen LogP contribution is 2.38. The van der Waals surface area contributed by atoms with Crippen LogP contribution in [-0.4, -0.2) is 36.9 Å². The molecule has 0 aliphatic carbocycles. The van der Waals surface area contributed by atoms with Crippen LogP contribution in [0.5, 0.6) is 0 Å². The minimum atomic E-state index is -0.762. The van der Waals surface area contributed by atoms with Crippen molar-refractivity contribution < 1.29 is 14.2 Å². The maximum atomic E-state index is 8.52. The molecule has 0 unspecified atom stereocenters. The van der Waals surface area contributed by atoms with Crippen molar-refractivity contribution in [3.63, 3.8) is 0 Å². The van der Waals surface area contributed by atoms with Gasteiger partial charge >= 0.3 is 0 Å². The standard InChI is InChI=1S/C8H12N6O3/c1-8(2)16-6-5(12-14-10)4(3-11-13-9)15-7(6)17-8/h4-7H,3H2,1-2H3/t4-,5+,6-,7-/m1/s1. The van der Waals surface area contributed by atoms with Crippen molar-refractivity contribution in [3.8, 4) is 0 Å². The molecule has 2 fully saturated rings. The van der Waals surface area contributed by atoms with E-state index in [0.717, 1.165) is 0 Å². The molecule has 0 spiro atoms. The largest absolute Gasteiger partial charge is 0.346 e. The lowest BCUT2D eigenvalue weighted by molar-refractivity contribution is -0.205. The summed E-state index contributed by atoms with van der Waals surface area (Å²) in [6.45, 7) is 3.59. The second-order valence-corrected chi connectivity index (χ2v) is 4.25. The van der Waals surface area contributed by atoms with Crippen molar-refractivity contribution >= 4 is 0 Å². The summed E-state index contributed by atoms with van der Waals surface area (Å²) in [6.07, 6.45) is -1.55. The van der Waals surface area contributed by atoms with E-state index in [-0.39, 0.29) is 6.54 Å². The normalized spacial score (nSPS) is 38.0. The van der Waals surface area contributed by atoms with Gasteiger partial charge in [-0.1, -0.05) is 10.2 Å². The lowest BCUT2D eigenvalue weighted by Gasteiger charge is -2.22. The fourth-order valence-electron chi connectivity index (χ4n) is 2.03. The van der Waals surface area contributed by atoms with Gasteiger partial charge in [0.25, 0.3) is 0 Å². The number of azide groups is 2. The molecule has 2 rings (SSSR count). The molecule has 4 atom stereocenters. The Labute approximate surface area is 96.9 Å². The van der Waals surface area contributed by atoms with Gasteiger partial charge in [0.2, 0.25) is 0 Å². The number of fused-ring (bicyclic) bond motifs is 1. The van der Waals surface area contributed by atoms with Gasteiger partial charge in [0, 0.05) is 9.82 Å². The average Bonchev–Trinajstić information content (AvgIpc) is 2.70. The molecule has 2 aliphatic heterocycles. The van der Waals surface area contributed by atoms with Gasteiger partial charge in [0.15, 0.2) is 12.1 Å². The van der Waals surface area contributed by atoms with E-state index in [9.17, 15) is 0 Å². The number of nitrogens with zero attached hydrogens (tertiary/aromatic N) is 6. The predicted molar refractivity (Wildman–Crippen MR) is 55.6 cm³/mol. The quantitative estimate of drug-likeness (QED) is 0.424. The van der Waals surface area contributed by atoms with Gasteiger partial charge in [0.1, 0.15) is 6.10 Å². The molecule has 9 nitrogen and oxygen atoms in total. The van der Waals surface area contributed by atoms with Crippen molar-refractivity contribution in [1.29, 1.82) is 0 Å². The fraction of sp³-hybridized carbons (Fsp3) is 1.00. The van der Waals surface area contributed by atoms with Crippen LogP contribution in [0.4, 0.5) is 0 Å². The lowest BCUT2D eigenvalue weighted by atomic mass is 10.1. The van der Waals surface area contributed by atoms with Gasteiger partial charge in [-0.3, -0.25) is 0 Å². The summed E-state index contributed by atoms with van der Waals surface area (Å²) >= 11 is 0. The SMILES string of the molecule is CC1(C)O[C@H]2O[C@H](CN=[N+]=[N-])[C@H](N=[N+]=[N-])[C@H]2O1. The predicted octanol–water partition coefficient (Wildman–Crippen LogP) is 1.85. The Kier molecular flexibility index (Phi) is 3.10. The summed E-state index contributed by atoms with van der Waals surface area (Å²) < 4.78 is 16.6. The Morgan fingerprint density at radius 1 is 1.24 bits per heavy atom. The Hall–Kier alpha value is -1.50. The Morgan fingerprint density at radius 3 is 2.65 bits per heavy atom. The molecule has 2 heterocycles. The van der Waals surface area contributed by atoms with E-state index >= 15 is 0 Å². The van der Waals surface area contributed by atoms with Crippen LogP contribution in [0, 0.1) is 0 Å². The number of rotatable bonds is 3. The molecule has 0 bridgehead atoms. The molecule has 0 aromatic carbocycles. The monoisotopic (exact) mass is 240 g/mol. The van der Waals surface area contributed by atoms with Crippen LogP contribution < -0.4 is 0 Å². The van der Waals surface area contributed by atoms with E-state index in [1.165, 1.54) is 0 Å². The third-order valence-electron chi connectivity index (χ3n) is 2.62. The summed E-state index contributed by atoms with van der Waals surface area (Å²) in [5.41, 5.74) is 16.8. The van der Waals surface area contributed by atoms with Crippen LogP contribution >= 0.6 is 0 Å². The summed E-state index contributed by atoms with van der Waals surface area (Å²) in [5.74, 6) is -0.762. The Morgan fingerprint density at radius 2 is 2.00 bits per heavy atom. The summed E-state index contributed by atoms with van der Waals surface area (Å²) in [4.78, 5) is 5.40. The van der Waals surface area contributed by atoms with Crippen LogP contribution in [0.2, 0.25) is 0 Å². The fourth-order valence-corrected chi connectivity index (χ4v) is 2.03. The summed E-state index contributed by atoms with van der Waals surface area (Å²) in [6, 6.07) is -0.544. The van der Waals surface area contributed by atoms with Gasteiger partial charge in [-0.2, -0.15) is 0 Å². The van der Waals surface area contributed by atoms with Gasteiger partial charge in [-0.15, -0.1) is 0 Å². The first-order valence-electron chi connectivity index (χ1n) is 5.13. The topological polar surface area (TPSA) is 125 Å². The molecule has 0 radical (unpaired) electrons. The molecular formula is C8H12N6O3. The van der Waals surface area contributed by atoms with E-state index in [0.29, 0.717) is 0 Å². The molecule has 17 heavy (non-hydrogen) atoms. The zero-order valence-electron chi connectivity index (χ0n) is 9.42. The van der Waals surface area contributed by atoms with E-state index < -0.39 is 30.3 Å². The van der Waals surface area contributed by atoms with Crippen molar-refractivity contribution in [3.05, 3.63) is 20.9 Å². The van der Waals surface area contributed by atoms with Crippen molar-refractivity contribution in [2.75, 3.05) is 6.54 Å². The molecule has 0 aromatic rings. The number of hydrogen-bond acceptors (Lipinski definition) is 5. The zero-order chi connectivity index (χ0) is 12.5. The average molecular weight is 240 g/mol. The number of hydrogen-bond donors (Lipinski definition) is 0. The Balaban J connectivity index is 2.15. The second-order valence-electron chi connectivity index (χ2n) is 4.25. The molecule has 0 aromatic heterocycles. The molecule has 0 amide bonds. The van der Waals surface area contributed by atoms with Crippen LogP contribution in [-0.2, 0) is 14.2 Å². The first-order valence-corrected chi connectivity index (χ1v) is 5.13. The maximum Gasteiger partial charge on any atom is 0.187 e. The summed E-state index contributed by atoms with van der Waals surface area (Å²) in [5, 5.41) is 7.04. The third-order valence-corrected chi connectivity index (χ3v) is 2.62. The smallest absolute Gasteiger partial charge is 0.187 e. The highest BCUT2D eigenvalue weighted by atomic mass is 16.8. The van der Waals surface area contributed by atoms with Crippen LogP contribution in [0.1, 0.15) is 13.8 Å². The van der Waals surface area contributed by atoms with E-state index in [4.69, 9.17) is 25.3 Å². The molecule has 0 saturated carbocycles. The van der Waals surface area contributed by atoms with E-state index in [1.807, 2.05) is 0 Å². The molecule has 0 N–H and O–H groups in total. The molecule has 9 heteroatoms. The van der Waals surface area contributed by atoms with E-state index in [2.05, 4.69) is 20.1 Å². The van der Waals surface area contributed by atoms with Gasteiger partial charge in [-0.05, 0) is 24.9 Å². The van der Waals surface area contributed by atoms with Crippen LogP contribution in [0.25, 0.3) is 20.9 Å². The minimum absolute atomic E-state index is 0.0837. The van der Waals surface area contributed by atoms with E-state index in [1.54, 1.807) is 13.8 Å². The van der Waals surface area contributed by atoms with Crippen molar-refractivity contribution in [2.45, 2.75) is 44.2 Å². The van der Waals surface area contributed by atoms with Gasteiger partial charge in [0.05, 0.1) is 18.7 Å². The van der Waals surface area contributed by atoms with Crippen molar-refractivity contribution in [2.24, 2.45) is 10.2 Å². The highest BCUT2D eigenvalue weighted by Gasteiger charge is 2.54. The first-order chi connectivity index (χ1) is 8.07. The maximum absolute atomic E-state index is 8.52. The number of ether oxygens (including phenoxy) is 3. The highest BCUT2D eigenvalue weighted by molar-refractivity contribution is 4.98. The van der Waals surface area contributed by atoms with Crippen LogP contribution in [0.15, 0.2) is 10.2 Å². The van der Waals surface area contributed by atoms with Crippen molar-refractivity contribution in [1.82, 2.24) is 0 Å².